The van der Waals surface area contributed by atoms with Crippen LogP contribution in [-0.4, -0.2) is 33.9 Å². The predicted molar refractivity (Wildman–Crippen MR) is 112 cm³/mol. The van der Waals surface area contributed by atoms with Gasteiger partial charge in [-0.05, 0) is 48.2 Å². The Bertz CT molecular complexity index is 877. The smallest absolute Gasteiger partial charge is 0.255 e. The number of carbonyl (C=O) groups is 2. The highest BCUT2D eigenvalue weighted by Crippen LogP contribution is 2.41. The standard InChI is InChI=1S/C22H25FN2O2S/c1-14-7-5-6-8-17(14)20(27)25-18(13-28-21(25)22(2,3)4)19(26)24-16-11-9-15(23)10-12-16/h5-12,18,21H,13H2,1-4H3,(H,24,26). The number of rotatable bonds is 3. The van der Waals surface area contributed by atoms with Crippen LogP contribution in [0.1, 0.15) is 36.7 Å². The van der Waals surface area contributed by atoms with Crippen molar-refractivity contribution in [2.75, 3.05) is 11.1 Å². The van der Waals surface area contributed by atoms with Crippen molar-refractivity contribution in [2.45, 2.75) is 39.1 Å². The number of amides is 2. The molecule has 0 saturated carbocycles. The van der Waals surface area contributed by atoms with Gasteiger partial charge >= 0.3 is 0 Å². The van der Waals surface area contributed by atoms with Crippen LogP contribution in [0.25, 0.3) is 0 Å². The van der Waals surface area contributed by atoms with Crippen molar-refractivity contribution in [3.05, 3.63) is 65.5 Å². The lowest BCUT2D eigenvalue weighted by atomic mass is 9.94. The van der Waals surface area contributed by atoms with Crippen molar-refractivity contribution >= 4 is 29.3 Å². The molecule has 2 aromatic rings. The molecule has 0 bridgehead atoms. The van der Waals surface area contributed by atoms with Crippen LogP contribution in [0.2, 0.25) is 0 Å². The normalized spacial score (nSPS) is 19.5. The number of thioether (sulfide) groups is 1. The van der Waals surface area contributed by atoms with Crippen molar-refractivity contribution < 1.29 is 14.0 Å². The van der Waals surface area contributed by atoms with E-state index in [1.807, 2.05) is 25.1 Å². The summed E-state index contributed by atoms with van der Waals surface area (Å²) in [4.78, 5) is 28.1. The molecule has 148 valence electrons. The van der Waals surface area contributed by atoms with E-state index in [0.29, 0.717) is 17.0 Å². The second-order valence-electron chi connectivity index (χ2n) is 8.09. The molecule has 2 aromatic carbocycles. The van der Waals surface area contributed by atoms with Gasteiger partial charge < -0.3 is 10.2 Å². The maximum atomic E-state index is 13.4. The zero-order valence-electron chi connectivity index (χ0n) is 16.5. The summed E-state index contributed by atoms with van der Waals surface area (Å²) < 4.78 is 13.1. The summed E-state index contributed by atoms with van der Waals surface area (Å²) in [5.74, 6) is -0.235. The summed E-state index contributed by atoms with van der Waals surface area (Å²) in [7, 11) is 0. The Balaban J connectivity index is 1.90. The molecule has 0 aliphatic carbocycles. The molecule has 0 spiro atoms. The molecule has 1 saturated heterocycles. The Labute approximate surface area is 169 Å². The van der Waals surface area contributed by atoms with Gasteiger partial charge in [-0.2, -0.15) is 0 Å². The molecule has 2 unspecified atom stereocenters. The molecule has 1 heterocycles. The van der Waals surface area contributed by atoms with Gasteiger partial charge in [-0.15, -0.1) is 11.8 Å². The Morgan fingerprint density at radius 3 is 2.36 bits per heavy atom. The van der Waals surface area contributed by atoms with E-state index in [-0.39, 0.29) is 28.4 Å². The zero-order chi connectivity index (χ0) is 20.5. The third-order valence-electron chi connectivity index (χ3n) is 4.77. The number of nitrogens with one attached hydrogen (secondary N) is 1. The first-order chi connectivity index (χ1) is 13.2. The van der Waals surface area contributed by atoms with E-state index in [4.69, 9.17) is 0 Å². The average Bonchev–Trinajstić information content (AvgIpc) is 3.09. The van der Waals surface area contributed by atoms with Gasteiger partial charge in [-0.25, -0.2) is 4.39 Å². The van der Waals surface area contributed by atoms with Gasteiger partial charge in [-0.1, -0.05) is 39.0 Å². The van der Waals surface area contributed by atoms with Crippen LogP contribution in [0.3, 0.4) is 0 Å². The lowest BCUT2D eigenvalue weighted by Crippen LogP contribution is -2.51. The number of carbonyl (C=O) groups excluding carboxylic acids is 2. The van der Waals surface area contributed by atoms with Gasteiger partial charge in [0.25, 0.3) is 5.91 Å². The van der Waals surface area contributed by atoms with Crippen LogP contribution in [0.5, 0.6) is 0 Å². The van der Waals surface area contributed by atoms with Crippen molar-refractivity contribution in [1.82, 2.24) is 4.90 Å². The molecule has 28 heavy (non-hydrogen) atoms. The van der Waals surface area contributed by atoms with Crippen molar-refractivity contribution in [3.8, 4) is 0 Å². The van der Waals surface area contributed by atoms with E-state index >= 15 is 0 Å². The van der Waals surface area contributed by atoms with Crippen LogP contribution in [0.4, 0.5) is 10.1 Å². The minimum Gasteiger partial charge on any atom is -0.324 e. The molecule has 1 aliphatic rings. The second kappa shape index (κ2) is 7.95. The van der Waals surface area contributed by atoms with Crippen LogP contribution in [0.15, 0.2) is 48.5 Å². The van der Waals surface area contributed by atoms with E-state index in [2.05, 4.69) is 26.1 Å². The van der Waals surface area contributed by atoms with Crippen LogP contribution >= 0.6 is 11.8 Å². The third-order valence-corrected chi connectivity index (χ3v) is 6.52. The van der Waals surface area contributed by atoms with E-state index in [9.17, 15) is 14.0 Å². The fraction of sp³-hybridized carbons (Fsp3) is 0.364. The fourth-order valence-electron chi connectivity index (χ4n) is 3.33. The van der Waals surface area contributed by atoms with Crippen LogP contribution in [0, 0.1) is 18.2 Å². The van der Waals surface area contributed by atoms with E-state index in [1.165, 1.54) is 24.3 Å². The highest BCUT2D eigenvalue weighted by molar-refractivity contribution is 8.00. The van der Waals surface area contributed by atoms with Gasteiger partial charge in [-0.3, -0.25) is 9.59 Å². The molecular weight excluding hydrogens is 375 g/mol. The molecule has 0 aromatic heterocycles. The first-order valence-electron chi connectivity index (χ1n) is 9.25. The van der Waals surface area contributed by atoms with Gasteiger partial charge in [0.05, 0.1) is 5.37 Å². The second-order valence-corrected chi connectivity index (χ2v) is 9.20. The number of anilines is 1. The van der Waals surface area contributed by atoms with E-state index < -0.39 is 6.04 Å². The highest BCUT2D eigenvalue weighted by atomic mass is 32.2. The quantitative estimate of drug-likeness (QED) is 0.812. The summed E-state index contributed by atoms with van der Waals surface area (Å²) in [6, 6.07) is 12.5. The largest absolute Gasteiger partial charge is 0.324 e. The van der Waals surface area contributed by atoms with Crippen LogP contribution < -0.4 is 5.32 Å². The maximum absolute atomic E-state index is 13.4. The van der Waals surface area contributed by atoms with E-state index in [0.717, 1.165) is 5.56 Å². The minimum absolute atomic E-state index is 0.122. The predicted octanol–water partition coefficient (Wildman–Crippen LogP) is 4.70. The molecule has 1 N–H and O–H groups in total. The summed E-state index contributed by atoms with van der Waals surface area (Å²) >= 11 is 1.62. The molecule has 1 fully saturated rings. The zero-order valence-corrected chi connectivity index (χ0v) is 17.3. The number of benzene rings is 2. The fourth-order valence-corrected chi connectivity index (χ4v) is 4.91. The van der Waals surface area contributed by atoms with Crippen LogP contribution in [-0.2, 0) is 4.79 Å². The summed E-state index contributed by atoms with van der Waals surface area (Å²) in [5.41, 5.74) is 1.82. The van der Waals surface area contributed by atoms with Gasteiger partial charge in [0.1, 0.15) is 11.9 Å². The number of nitrogens with zero attached hydrogens (tertiary/aromatic N) is 1. The highest BCUT2D eigenvalue weighted by Gasteiger charge is 2.46. The first-order valence-corrected chi connectivity index (χ1v) is 10.3. The molecule has 3 rings (SSSR count). The number of hydrogen-bond acceptors (Lipinski definition) is 3. The number of halogens is 1. The monoisotopic (exact) mass is 400 g/mol. The van der Waals surface area contributed by atoms with Crippen molar-refractivity contribution in [2.24, 2.45) is 5.41 Å². The summed E-state index contributed by atoms with van der Waals surface area (Å²) in [5, 5.41) is 2.70. The van der Waals surface area contributed by atoms with Gasteiger partial charge in [0.2, 0.25) is 5.91 Å². The Hall–Kier alpha value is -2.34. The molecule has 2 atom stereocenters. The molecular formula is C22H25FN2O2S. The average molecular weight is 401 g/mol. The van der Waals surface area contributed by atoms with Crippen molar-refractivity contribution in [1.29, 1.82) is 0 Å². The SMILES string of the molecule is Cc1ccccc1C(=O)N1C(C(=O)Nc2ccc(F)cc2)CSC1C(C)(C)C. The molecule has 1 aliphatic heterocycles. The number of aryl methyl sites for hydroxylation is 1. The number of hydrogen-bond donors (Lipinski definition) is 1. The molecule has 6 heteroatoms. The molecule has 4 nitrogen and oxygen atoms in total. The lowest BCUT2D eigenvalue weighted by Gasteiger charge is -2.36. The first kappa shape index (κ1) is 20.4. The van der Waals surface area contributed by atoms with E-state index in [1.54, 1.807) is 22.7 Å². The molecule has 2 amide bonds. The topological polar surface area (TPSA) is 49.4 Å². The van der Waals surface area contributed by atoms with Gasteiger partial charge in [0.15, 0.2) is 0 Å². The summed E-state index contributed by atoms with van der Waals surface area (Å²) in [6.45, 7) is 8.12. The Morgan fingerprint density at radius 2 is 1.75 bits per heavy atom. The minimum atomic E-state index is -0.591. The Morgan fingerprint density at radius 1 is 1.11 bits per heavy atom. The summed E-state index contributed by atoms with van der Waals surface area (Å²) in [6.07, 6.45) is 0. The maximum Gasteiger partial charge on any atom is 0.255 e. The van der Waals surface area contributed by atoms with Crippen molar-refractivity contribution in [3.63, 3.8) is 0 Å². The lowest BCUT2D eigenvalue weighted by molar-refractivity contribution is -0.120. The third kappa shape index (κ3) is 4.22. The van der Waals surface area contributed by atoms with Gasteiger partial charge in [0, 0.05) is 17.0 Å². The molecule has 0 radical (unpaired) electrons. The Kier molecular flexibility index (Phi) is 5.79.